The van der Waals surface area contributed by atoms with Gasteiger partial charge in [0.05, 0.1) is 11.9 Å². The Morgan fingerprint density at radius 1 is 1.08 bits per heavy atom. The zero-order valence-corrected chi connectivity index (χ0v) is 15.4. The standard InChI is InChI=1S/C18H32NO4P/c19-17(12-15-9-5-2-6-10-15)24(22,23)13-16(18(20)21)11-14-7-3-1-4-8-14/h11,14-15,17H,1-10,12-13,19H2,(H,20,21)(H,22,23)/t17-/m1/s1. The predicted octanol–water partition coefficient (Wildman–Crippen LogP) is 4.10. The first kappa shape index (κ1) is 19.7. The highest BCUT2D eigenvalue weighted by molar-refractivity contribution is 7.59. The predicted molar refractivity (Wildman–Crippen MR) is 96.2 cm³/mol. The van der Waals surface area contributed by atoms with Gasteiger partial charge in [-0.1, -0.05) is 57.4 Å². The van der Waals surface area contributed by atoms with Gasteiger partial charge in [0, 0.05) is 5.57 Å². The minimum absolute atomic E-state index is 0.0758. The Balaban J connectivity index is 1.98. The van der Waals surface area contributed by atoms with Crippen LogP contribution in [0.5, 0.6) is 0 Å². The van der Waals surface area contributed by atoms with Gasteiger partial charge in [-0.3, -0.25) is 4.57 Å². The molecule has 0 radical (unpaired) electrons. The summed E-state index contributed by atoms with van der Waals surface area (Å²) in [5.74, 6) is -1.27. The molecule has 0 aliphatic heterocycles. The molecule has 2 aliphatic rings. The van der Waals surface area contributed by atoms with Crippen molar-refractivity contribution in [2.24, 2.45) is 17.6 Å². The lowest BCUT2D eigenvalue weighted by atomic mass is 9.87. The van der Waals surface area contributed by atoms with Crippen LogP contribution in [0.3, 0.4) is 0 Å². The van der Waals surface area contributed by atoms with Crippen LogP contribution in [0.4, 0.5) is 0 Å². The van der Waals surface area contributed by atoms with E-state index in [4.69, 9.17) is 5.73 Å². The van der Waals surface area contributed by atoms with E-state index in [1.807, 2.05) is 0 Å². The van der Waals surface area contributed by atoms with Crippen molar-refractivity contribution in [2.45, 2.75) is 76.4 Å². The maximum absolute atomic E-state index is 12.7. The Labute approximate surface area is 145 Å². The second kappa shape index (κ2) is 9.17. The van der Waals surface area contributed by atoms with E-state index < -0.39 is 19.1 Å². The van der Waals surface area contributed by atoms with Gasteiger partial charge >= 0.3 is 5.97 Å². The van der Waals surface area contributed by atoms with E-state index >= 15 is 0 Å². The number of allylic oxidation sites excluding steroid dienone is 1. The van der Waals surface area contributed by atoms with Crippen LogP contribution >= 0.6 is 7.37 Å². The van der Waals surface area contributed by atoms with E-state index in [2.05, 4.69) is 0 Å². The van der Waals surface area contributed by atoms with Crippen molar-refractivity contribution in [3.05, 3.63) is 11.6 Å². The van der Waals surface area contributed by atoms with Crippen molar-refractivity contribution < 1.29 is 19.4 Å². The van der Waals surface area contributed by atoms with Crippen LogP contribution < -0.4 is 5.73 Å². The maximum atomic E-state index is 12.7. The lowest BCUT2D eigenvalue weighted by Crippen LogP contribution is -2.27. The van der Waals surface area contributed by atoms with E-state index in [0.29, 0.717) is 12.3 Å². The van der Waals surface area contributed by atoms with Gasteiger partial charge in [-0.2, -0.15) is 0 Å². The number of carboxylic acids is 1. The second-order valence-corrected chi connectivity index (χ2v) is 10.1. The normalized spacial score (nSPS) is 25.2. The Kier molecular flexibility index (Phi) is 7.52. The van der Waals surface area contributed by atoms with Crippen LogP contribution in [-0.2, 0) is 9.36 Å². The molecule has 0 spiro atoms. The Morgan fingerprint density at radius 3 is 2.17 bits per heavy atom. The summed E-state index contributed by atoms with van der Waals surface area (Å²) in [6, 6.07) is 0. The third-order valence-electron chi connectivity index (χ3n) is 5.58. The highest BCUT2D eigenvalue weighted by Gasteiger charge is 2.33. The lowest BCUT2D eigenvalue weighted by molar-refractivity contribution is -0.132. The molecule has 0 aromatic heterocycles. The van der Waals surface area contributed by atoms with Crippen molar-refractivity contribution >= 4 is 13.3 Å². The van der Waals surface area contributed by atoms with Crippen LogP contribution in [0.1, 0.15) is 70.6 Å². The molecule has 0 saturated heterocycles. The zero-order chi connectivity index (χ0) is 17.6. The summed E-state index contributed by atoms with van der Waals surface area (Å²) in [6.45, 7) is 0. The molecule has 0 amide bonds. The van der Waals surface area contributed by atoms with Gasteiger partial charge in [-0.15, -0.1) is 0 Å². The molecule has 0 aromatic carbocycles. The van der Waals surface area contributed by atoms with E-state index in [0.717, 1.165) is 51.4 Å². The van der Waals surface area contributed by atoms with Crippen molar-refractivity contribution in [3.63, 3.8) is 0 Å². The fourth-order valence-electron chi connectivity index (χ4n) is 4.07. The van der Waals surface area contributed by atoms with E-state index in [1.165, 1.54) is 12.8 Å². The number of aliphatic carboxylic acids is 1. The summed E-state index contributed by atoms with van der Waals surface area (Å²) in [5, 5.41) is 9.43. The summed E-state index contributed by atoms with van der Waals surface area (Å²) in [5.41, 5.74) is 6.11. The van der Waals surface area contributed by atoms with E-state index in [9.17, 15) is 19.4 Å². The minimum Gasteiger partial charge on any atom is -0.478 e. The van der Waals surface area contributed by atoms with Crippen molar-refractivity contribution in [1.82, 2.24) is 0 Å². The van der Waals surface area contributed by atoms with Gasteiger partial charge < -0.3 is 15.7 Å². The van der Waals surface area contributed by atoms with Crippen molar-refractivity contribution in [3.8, 4) is 0 Å². The molecule has 2 fully saturated rings. The van der Waals surface area contributed by atoms with Crippen molar-refractivity contribution in [2.75, 3.05) is 6.16 Å². The van der Waals surface area contributed by atoms with Crippen molar-refractivity contribution in [1.29, 1.82) is 0 Å². The van der Waals surface area contributed by atoms with Crippen LogP contribution in [0.15, 0.2) is 11.6 Å². The van der Waals surface area contributed by atoms with Gasteiger partial charge in [0.25, 0.3) is 0 Å². The lowest BCUT2D eigenvalue weighted by Gasteiger charge is -2.27. The SMILES string of the molecule is N[C@@H](CC1CCCCC1)P(=O)(O)CC(=CC1CCCCC1)C(=O)O. The van der Waals surface area contributed by atoms with E-state index in [-0.39, 0.29) is 17.7 Å². The molecule has 2 aliphatic carbocycles. The van der Waals surface area contributed by atoms with Crippen LogP contribution in [-0.4, -0.2) is 27.9 Å². The Bertz CT molecular complexity index is 493. The summed E-state index contributed by atoms with van der Waals surface area (Å²) in [4.78, 5) is 21.9. The largest absolute Gasteiger partial charge is 0.478 e. The Morgan fingerprint density at radius 2 is 1.62 bits per heavy atom. The average molecular weight is 357 g/mol. The molecule has 0 aromatic rings. The van der Waals surface area contributed by atoms with Gasteiger partial charge in [-0.25, -0.2) is 4.79 Å². The number of hydrogen-bond acceptors (Lipinski definition) is 3. The van der Waals surface area contributed by atoms with Gasteiger partial charge in [0.1, 0.15) is 0 Å². The molecule has 24 heavy (non-hydrogen) atoms. The van der Waals surface area contributed by atoms with E-state index in [1.54, 1.807) is 6.08 Å². The zero-order valence-electron chi connectivity index (χ0n) is 14.5. The molecule has 2 rings (SSSR count). The first-order valence-corrected chi connectivity index (χ1v) is 11.3. The van der Waals surface area contributed by atoms with Crippen LogP contribution in [0, 0.1) is 11.8 Å². The molecule has 5 nitrogen and oxygen atoms in total. The third-order valence-corrected chi connectivity index (χ3v) is 7.62. The molecule has 2 atom stereocenters. The average Bonchev–Trinajstić information content (AvgIpc) is 2.56. The third kappa shape index (κ3) is 6.02. The highest BCUT2D eigenvalue weighted by atomic mass is 31.2. The van der Waals surface area contributed by atoms with Crippen LogP contribution in [0.25, 0.3) is 0 Å². The number of hydrogen-bond donors (Lipinski definition) is 3. The first-order chi connectivity index (χ1) is 11.4. The number of carboxylic acid groups (broad SMARTS) is 1. The number of rotatable bonds is 7. The molecule has 1 unspecified atom stereocenters. The summed E-state index contributed by atoms with van der Waals surface area (Å²) in [6.07, 6.45) is 13.0. The quantitative estimate of drug-likeness (QED) is 0.470. The molecule has 138 valence electrons. The summed E-state index contributed by atoms with van der Waals surface area (Å²) >= 11 is 0. The summed E-state index contributed by atoms with van der Waals surface area (Å²) in [7, 11) is -3.70. The highest BCUT2D eigenvalue weighted by Crippen LogP contribution is 2.49. The second-order valence-electron chi connectivity index (χ2n) is 7.62. The Hall–Kier alpha value is -0.640. The molecular formula is C18H32NO4P. The molecule has 6 heteroatoms. The molecule has 0 heterocycles. The number of nitrogens with two attached hydrogens (primary N) is 1. The topological polar surface area (TPSA) is 101 Å². The molecule has 2 saturated carbocycles. The van der Waals surface area contributed by atoms with Crippen LogP contribution in [0.2, 0.25) is 0 Å². The van der Waals surface area contributed by atoms with Gasteiger partial charge in [0.2, 0.25) is 7.37 Å². The molecular weight excluding hydrogens is 325 g/mol. The summed E-state index contributed by atoms with van der Waals surface area (Å²) < 4.78 is 12.7. The minimum atomic E-state index is -3.70. The van der Waals surface area contributed by atoms with Gasteiger partial charge in [-0.05, 0) is 31.1 Å². The monoisotopic (exact) mass is 357 g/mol. The maximum Gasteiger partial charge on any atom is 0.331 e. The molecule has 0 bridgehead atoms. The molecule has 4 N–H and O–H groups in total. The fourth-order valence-corrected chi connectivity index (χ4v) is 5.66. The smallest absolute Gasteiger partial charge is 0.331 e. The first-order valence-electron chi connectivity index (χ1n) is 9.39. The van der Waals surface area contributed by atoms with Gasteiger partial charge in [0.15, 0.2) is 0 Å². The number of carbonyl (C=O) groups is 1. The fraction of sp³-hybridized carbons (Fsp3) is 0.833.